The summed E-state index contributed by atoms with van der Waals surface area (Å²) in [6, 6.07) is 7.67. The van der Waals surface area contributed by atoms with E-state index in [9.17, 15) is 0 Å². The minimum atomic E-state index is 0.585. The monoisotopic (exact) mass is 339 g/mol. The number of aryl methyl sites for hydroxylation is 1. The van der Waals surface area contributed by atoms with E-state index in [1.54, 1.807) is 11.1 Å². The fourth-order valence-corrected chi connectivity index (χ4v) is 5.48. The molecular weight excluding hydrogens is 302 g/mol. The molecule has 2 unspecified atom stereocenters. The van der Waals surface area contributed by atoms with Crippen LogP contribution in [0, 0.1) is 24.7 Å². The summed E-state index contributed by atoms with van der Waals surface area (Å²) >= 11 is 0. The fourth-order valence-electron chi connectivity index (χ4n) is 5.48. The number of fused-ring (bicyclic) bond motifs is 1. The Bertz CT molecular complexity index is 567. The van der Waals surface area contributed by atoms with E-state index in [0.29, 0.717) is 12.0 Å². The lowest BCUT2D eigenvalue weighted by atomic mass is 9.79. The standard InChI is InChI=1S/C24H37N/c1-5-7-19-10-12-20(13-11-19)17-25(4)24-22(8-6-2)16-21-14-9-18(3)15-23(21)24/h6,9,14-15,19-20,22,24H,2,5,7-8,10-13,16-17H2,1,3-4H3. The van der Waals surface area contributed by atoms with Gasteiger partial charge in [-0.1, -0.05) is 62.4 Å². The maximum atomic E-state index is 4.02. The molecule has 0 saturated heterocycles. The largest absolute Gasteiger partial charge is 0.299 e. The van der Waals surface area contributed by atoms with Gasteiger partial charge in [0.25, 0.3) is 0 Å². The van der Waals surface area contributed by atoms with Crippen LogP contribution < -0.4 is 0 Å². The first-order valence-electron chi connectivity index (χ1n) is 10.5. The molecule has 2 aliphatic rings. The predicted octanol–water partition coefficient (Wildman–Crippen LogP) is 6.32. The third kappa shape index (κ3) is 4.37. The summed E-state index contributed by atoms with van der Waals surface area (Å²) < 4.78 is 0. The Morgan fingerprint density at radius 2 is 1.88 bits per heavy atom. The van der Waals surface area contributed by atoms with Gasteiger partial charge in [0, 0.05) is 12.6 Å². The van der Waals surface area contributed by atoms with Crippen molar-refractivity contribution in [2.24, 2.45) is 17.8 Å². The molecule has 25 heavy (non-hydrogen) atoms. The van der Waals surface area contributed by atoms with Crippen molar-refractivity contribution in [2.45, 2.75) is 71.3 Å². The first-order chi connectivity index (χ1) is 12.1. The Balaban J connectivity index is 1.66. The zero-order chi connectivity index (χ0) is 17.8. The predicted molar refractivity (Wildman–Crippen MR) is 109 cm³/mol. The summed E-state index contributed by atoms with van der Waals surface area (Å²) in [6.45, 7) is 9.85. The van der Waals surface area contributed by atoms with Crippen LogP contribution >= 0.6 is 0 Å². The van der Waals surface area contributed by atoms with Crippen molar-refractivity contribution in [1.82, 2.24) is 4.90 Å². The summed E-state index contributed by atoms with van der Waals surface area (Å²) in [7, 11) is 2.37. The topological polar surface area (TPSA) is 3.24 Å². The van der Waals surface area contributed by atoms with Gasteiger partial charge in [0.05, 0.1) is 0 Å². The van der Waals surface area contributed by atoms with Gasteiger partial charge in [-0.2, -0.15) is 0 Å². The Hall–Kier alpha value is -1.08. The molecule has 2 aliphatic carbocycles. The van der Waals surface area contributed by atoms with Crippen molar-refractivity contribution in [1.29, 1.82) is 0 Å². The minimum absolute atomic E-state index is 0.585. The summed E-state index contributed by atoms with van der Waals surface area (Å²) in [5, 5.41) is 0. The van der Waals surface area contributed by atoms with Crippen LogP contribution in [0.25, 0.3) is 0 Å². The van der Waals surface area contributed by atoms with Gasteiger partial charge in [-0.25, -0.2) is 0 Å². The van der Waals surface area contributed by atoms with Gasteiger partial charge in [0.2, 0.25) is 0 Å². The van der Waals surface area contributed by atoms with Crippen LogP contribution in [0.15, 0.2) is 30.9 Å². The maximum absolute atomic E-state index is 4.02. The van der Waals surface area contributed by atoms with Gasteiger partial charge in [-0.15, -0.1) is 6.58 Å². The highest BCUT2D eigenvalue weighted by atomic mass is 15.1. The molecule has 0 bridgehead atoms. The fraction of sp³-hybridized carbons (Fsp3) is 0.667. The molecule has 0 radical (unpaired) electrons. The summed E-state index contributed by atoms with van der Waals surface area (Å²) in [5.41, 5.74) is 4.56. The smallest absolute Gasteiger partial charge is 0.0382 e. The van der Waals surface area contributed by atoms with Gasteiger partial charge in [-0.05, 0) is 68.5 Å². The minimum Gasteiger partial charge on any atom is -0.299 e. The molecule has 1 saturated carbocycles. The number of nitrogens with zero attached hydrogens (tertiary/aromatic N) is 1. The molecule has 0 spiro atoms. The van der Waals surface area contributed by atoms with Crippen LogP contribution in [-0.2, 0) is 6.42 Å². The molecule has 3 rings (SSSR count). The third-order valence-electron chi connectivity index (χ3n) is 6.70. The molecule has 138 valence electrons. The summed E-state index contributed by atoms with van der Waals surface area (Å²) in [4.78, 5) is 2.68. The van der Waals surface area contributed by atoms with E-state index < -0.39 is 0 Å². The average molecular weight is 340 g/mol. The van der Waals surface area contributed by atoms with Crippen molar-refractivity contribution < 1.29 is 0 Å². The number of rotatable bonds is 7. The molecule has 0 N–H and O–H groups in total. The van der Waals surface area contributed by atoms with E-state index in [1.165, 1.54) is 57.1 Å². The number of allylic oxidation sites excluding steroid dienone is 1. The van der Waals surface area contributed by atoms with Gasteiger partial charge >= 0.3 is 0 Å². The summed E-state index contributed by atoms with van der Waals surface area (Å²) in [5.74, 6) is 2.61. The van der Waals surface area contributed by atoms with Gasteiger partial charge < -0.3 is 0 Å². The highest BCUT2D eigenvalue weighted by Gasteiger charge is 2.35. The van der Waals surface area contributed by atoms with Gasteiger partial charge in [0.15, 0.2) is 0 Å². The molecule has 0 amide bonds. The van der Waals surface area contributed by atoms with E-state index in [0.717, 1.165) is 18.3 Å². The zero-order valence-corrected chi connectivity index (χ0v) is 16.6. The Morgan fingerprint density at radius 3 is 2.56 bits per heavy atom. The van der Waals surface area contributed by atoms with E-state index >= 15 is 0 Å². The van der Waals surface area contributed by atoms with E-state index in [2.05, 4.69) is 56.6 Å². The Kier molecular flexibility index (Phi) is 6.39. The summed E-state index contributed by atoms with van der Waals surface area (Å²) in [6.07, 6.45) is 13.1. The molecule has 2 atom stereocenters. The zero-order valence-electron chi connectivity index (χ0n) is 16.6. The molecule has 1 fully saturated rings. The van der Waals surface area contributed by atoms with Crippen molar-refractivity contribution >= 4 is 0 Å². The molecule has 0 aromatic heterocycles. The Morgan fingerprint density at radius 1 is 1.16 bits per heavy atom. The quantitative estimate of drug-likeness (QED) is 0.525. The molecule has 1 nitrogen and oxygen atoms in total. The van der Waals surface area contributed by atoms with Gasteiger partial charge in [0.1, 0.15) is 0 Å². The molecule has 1 aromatic carbocycles. The van der Waals surface area contributed by atoms with Crippen LogP contribution in [0.2, 0.25) is 0 Å². The maximum Gasteiger partial charge on any atom is 0.0382 e. The van der Waals surface area contributed by atoms with Crippen LogP contribution in [0.5, 0.6) is 0 Å². The average Bonchev–Trinajstić information content (AvgIpc) is 2.94. The second-order valence-electron chi connectivity index (χ2n) is 8.75. The van der Waals surface area contributed by atoms with E-state index in [-0.39, 0.29) is 0 Å². The number of hydrogen-bond acceptors (Lipinski definition) is 1. The van der Waals surface area contributed by atoms with Crippen molar-refractivity contribution in [3.05, 3.63) is 47.5 Å². The van der Waals surface area contributed by atoms with E-state index in [1.807, 2.05) is 0 Å². The molecule has 0 heterocycles. The lowest BCUT2D eigenvalue weighted by Gasteiger charge is -2.36. The number of benzene rings is 1. The second-order valence-corrected chi connectivity index (χ2v) is 8.75. The normalized spacial score (nSPS) is 29.0. The molecule has 0 aliphatic heterocycles. The van der Waals surface area contributed by atoms with Gasteiger partial charge in [-0.3, -0.25) is 4.90 Å². The SMILES string of the molecule is C=CCC1Cc2ccc(C)cc2C1N(C)CC1CCC(CCC)CC1. The van der Waals surface area contributed by atoms with Crippen LogP contribution in [0.4, 0.5) is 0 Å². The van der Waals surface area contributed by atoms with Crippen molar-refractivity contribution in [3.63, 3.8) is 0 Å². The molecule has 1 aromatic rings. The lowest BCUT2D eigenvalue weighted by Crippen LogP contribution is -2.34. The first kappa shape index (κ1) is 18.7. The number of hydrogen-bond donors (Lipinski definition) is 0. The highest BCUT2D eigenvalue weighted by Crippen LogP contribution is 2.43. The van der Waals surface area contributed by atoms with Crippen LogP contribution in [0.1, 0.15) is 74.6 Å². The van der Waals surface area contributed by atoms with Crippen molar-refractivity contribution in [3.8, 4) is 0 Å². The van der Waals surface area contributed by atoms with Crippen molar-refractivity contribution in [2.75, 3.05) is 13.6 Å². The molecular formula is C24H37N. The second kappa shape index (κ2) is 8.54. The lowest BCUT2D eigenvalue weighted by molar-refractivity contribution is 0.136. The molecule has 1 heteroatoms. The van der Waals surface area contributed by atoms with E-state index in [4.69, 9.17) is 0 Å². The van der Waals surface area contributed by atoms with Crippen LogP contribution in [0.3, 0.4) is 0 Å². The highest BCUT2D eigenvalue weighted by molar-refractivity contribution is 5.39. The van der Waals surface area contributed by atoms with Crippen LogP contribution in [-0.4, -0.2) is 18.5 Å². The first-order valence-corrected chi connectivity index (χ1v) is 10.5. The third-order valence-corrected chi connectivity index (χ3v) is 6.70. The Labute approximate surface area is 155 Å².